The van der Waals surface area contributed by atoms with E-state index in [4.69, 9.17) is 9.05 Å². The van der Waals surface area contributed by atoms with Crippen molar-refractivity contribution < 1.29 is 26.4 Å². The smallest absolute Gasteiger partial charge is 0.306 e. The number of halogens is 1. The molecule has 5 nitrogen and oxygen atoms in total. The second kappa shape index (κ2) is 6.61. The average molecular weight is 310 g/mol. The van der Waals surface area contributed by atoms with Gasteiger partial charge in [0.25, 0.3) is 0 Å². The maximum absolute atomic E-state index is 14.2. The number of sulfone groups is 1. The predicted molar refractivity (Wildman–Crippen MR) is 69.4 cm³/mol. The fourth-order valence-electron chi connectivity index (χ4n) is 1.41. The van der Waals surface area contributed by atoms with Gasteiger partial charge in [0.15, 0.2) is 0 Å². The van der Waals surface area contributed by atoms with Gasteiger partial charge in [-0.3, -0.25) is 4.57 Å². The minimum Gasteiger partial charge on any atom is -0.306 e. The lowest BCUT2D eigenvalue weighted by Gasteiger charge is -2.20. The molecule has 0 radical (unpaired) electrons. The number of hydrogen-bond donors (Lipinski definition) is 0. The molecule has 19 heavy (non-hydrogen) atoms. The third kappa shape index (κ3) is 3.63. The second-order valence-electron chi connectivity index (χ2n) is 3.53. The summed E-state index contributed by atoms with van der Waals surface area (Å²) in [5.74, 6) is 0. The van der Waals surface area contributed by atoms with E-state index in [1.165, 1.54) is 38.1 Å². The van der Waals surface area contributed by atoms with Crippen LogP contribution >= 0.6 is 7.60 Å². The largest absolute Gasteiger partial charge is 0.380 e. The molecule has 0 N–H and O–H groups in total. The first-order chi connectivity index (χ1) is 8.88. The third-order valence-electron chi connectivity index (χ3n) is 2.19. The highest BCUT2D eigenvalue weighted by Crippen LogP contribution is 2.56. The van der Waals surface area contributed by atoms with Gasteiger partial charge in [0.1, 0.15) is 0 Å². The van der Waals surface area contributed by atoms with Crippen LogP contribution in [0.25, 0.3) is 0 Å². The quantitative estimate of drug-likeness (QED) is 0.724. The summed E-state index contributed by atoms with van der Waals surface area (Å²) in [4.78, 5) is -0.262. The Labute approximate surface area is 112 Å². The molecule has 1 rings (SSSR count). The molecule has 8 heteroatoms. The van der Waals surface area contributed by atoms with Crippen molar-refractivity contribution in [2.75, 3.05) is 13.2 Å². The zero-order valence-electron chi connectivity index (χ0n) is 10.7. The van der Waals surface area contributed by atoms with Crippen LogP contribution in [0.1, 0.15) is 13.8 Å². The fraction of sp³-hybridized carbons (Fsp3) is 0.455. The molecule has 0 amide bonds. The van der Waals surface area contributed by atoms with Gasteiger partial charge in [-0.05, 0) is 26.0 Å². The van der Waals surface area contributed by atoms with E-state index >= 15 is 0 Å². The van der Waals surface area contributed by atoms with E-state index in [2.05, 4.69) is 0 Å². The first-order valence-corrected chi connectivity index (χ1v) is 8.86. The summed E-state index contributed by atoms with van der Waals surface area (Å²) in [6.45, 7) is 2.74. The van der Waals surface area contributed by atoms with Crippen LogP contribution in [0.2, 0.25) is 0 Å². The Hall–Kier alpha value is -0.750. The Bertz CT molecular complexity index is 535. The molecule has 0 heterocycles. The van der Waals surface area contributed by atoms with E-state index < -0.39 is 22.7 Å². The molecular weight excluding hydrogens is 294 g/mol. The van der Waals surface area contributed by atoms with E-state index in [1.54, 1.807) is 6.07 Å². The molecule has 1 aromatic carbocycles. The van der Waals surface area contributed by atoms with Gasteiger partial charge < -0.3 is 9.05 Å². The standard InChI is InChI=1S/C11H16FO5PS/c1-3-16-18(13,17-4-2)11(12)19(14,15)10-8-6-5-7-9-10/h5-9,11H,3-4H2,1-2H3/t11-/m1/s1. The van der Waals surface area contributed by atoms with Crippen LogP contribution in [0.15, 0.2) is 35.2 Å². The molecule has 0 aromatic heterocycles. The van der Waals surface area contributed by atoms with Crippen molar-refractivity contribution in [3.63, 3.8) is 0 Å². The van der Waals surface area contributed by atoms with Crippen LogP contribution < -0.4 is 0 Å². The number of hydrogen-bond acceptors (Lipinski definition) is 5. The van der Waals surface area contributed by atoms with Gasteiger partial charge in [0.05, 0.1) is 18.1 Å². The van der Waals surface area contributed by atoms with Crippen molar-refractivity contribution >= 4 is 17.4 Å². The molecule has 0 spiro atoms. The molecule has 0 aliphatic heterocycles. The highest BCUT2D eigenvalue weighted by atomic mass is 32.2. The Morgan fingerprint density at radius 2 is 1.63 bits per heavy atom. The van der Waals surface area contributed by atoms with Crippen molar-refractivity contribution in [3.05, 3.63) is 30.3 Å². The molecular formula is C11H16FO5PS. The predicted octanol–water partition coefficient (Wildman–Crippen LogP) is 2.98. The van der Waals surface area contributed by atoms with Gasteiger partial charge in [-0.15, -0.1) is 0 Å². The van der Waals surface area contributed by atoms with Crippen LogP contribution in [-0.4, -0.2) is 26.9 Å². The normalized spacial score (nSPS) is 14.3. The third-order valence-corrected chi connectivity index (χ3v) is 6.98. The molecule has 0 bridgehead atoms. The maximum atomic E-state index is 14.2. The zero-order chi connectivity index (χ0) is 14.5. The molecule has 0 unspecified atom stereocenters. The highest BCUT2D eigenvalue weighted by Gasteiger charge is 2.46. The Kier molecular flexibility index (Phi) is 5.67. The van der Waals surface area contributed by atoms with Crippen LogP contribution in [0, 0.1) is 0 Å². The summed E-state index contributed by atoms with van der Waals surface area (Å²) < 4.78 is 59.8. The monoisotopic (exact) mass is 310 g/mol. The Morgan fingerprint density at radius 3 is 2.05 bits per heavy atom. The highest BCUT2D eigenvalue weighted by molar-refractivity contribution is 7.98. The lowest BCUT2D eigenvalue weighted by Crippen LogP contribution is -2.20. The van der Waals surface area contributed by atoms with Crippen LogP contribution in [0.5, 0.6) is 0 Å². The van der Waals surface area contributed by atoms with E-state index in [0.29, 0.717) is 0 Å². The second-order valence-corrected chi connectivity index (χ2v) is 7.90. The zero-order valence-corrected chi connectivity index (χ0v) is 12.4. The molecule has 0 aliphatic rings. The van der Waals surface area contributed by atoms with E-state index in [0.717, 1.165) is 0 Å². The van der Waals surface area contributed by atoms with Crippen molar-refractivity contribution in [3.8, 4) is 0 Å². The maximum Gasteiger partial charge on any atom is 0.380 e. The van der Waals surface area contributed by atoms with Gasteiger partial charge in [-0.25, -0.2) is 12.8 Å². The van der Waals surface area contributed by atoms with E-state index in [9.17, 15) is 17.4 Å². The van der Waals surface area contributed by atoms with Crippen LogP contribution in [0.4, 0.5) is 4.39 Å². The Morgan fingerprint density at radius 1 is 1.16 bits per heavy atom. The van der Waals surface area contributed by atoms with Gasteiger partial charge in [0, 0.05) is 0 Å². The minimum absolute atomic E-state index is 0.109. The first kappa shape index (κ1) is 16.3. The number of rotatable bonds is 7. The van der Waals surface area contributed by atoms with Gasteiger partial charge in [-0.2, -0.15) is 0 Å². The number of alkyl halides is 1. The molecule has 0 fully saturated rings. The molecule has 0 aliphatic carbocycles. The lowest BCUT2D eigenvalue weighted by atomic mass is 10.4. The Balaban J connectivity index is 3.16. The number of benzene rings is 1. The van der Waals surface area contributed by atoms with Crippen molar-refractivity contribution in [1.29, 1.82) is 0 Å². The van der Waals surface area contributed by atoms with Crippen LogP contribution in [-0.2, 0) is 23.4 Å². The topological polar surface area (TPSA) is 69.7 Å². The van der Waals surface area contributed by atoms with Gasteiger partial charge >= 0.3 is 12.8 Å². The summed E-state index contributed by atoms with van der Waals surface area (Å²) in [5.41, 5.74) is 0. The van der Waals surface area contributed by atoms with Gasteiger partial charge in [0.2, 0.25) is 9.84 Å². The first-order valence-electron chi connectivity index (χ1n) is 5.70. The summed E-state index contributed by atoms with van der Waals surface area (Å²) in [6, 6.07) is 6.95. The lowest BCUT2D eigenvalue weighted by molar-refractivity contribution is 0.203. The summed E-state index contributed by atoms with van der Waals surface area (Å²) >= 11 is 0. The van der Waals surface area contributed by atoms with Gasteiger partial charge in [-0.1, -0.05) is 18.2 Å². The molecule has 1 aromatic rings. The van der Waals surface area contributed by atoms with E-state index in [1.807, 2.05) is 0 Å². The van der Waals surface area contributed by atoms with E-state index in [-0.39, 0.29) is 18.1 Å². The van der Waals surface area contributed by atoms with Crippen molar-refractivity contribution in [2.24, 2.45) is 0 Å². The molecule has 108 valence electrons. The SMILES string of the molecule is CCOP(=O)(OCC)[C@@H](F)S(=O)(=O)c1ccccc1. The van der Waals surface area contributed by atoms with Crippen molar-refractivity contribution in [2.45, 2.75) is 24.0 Å². The molecule has 0 saturated carbocycles. The summed E-state index contributed by atoms with van der Waals surface area (Å²) in [5, 5.41) is -2.73. The minimum atomic E-state index is -4.42. The molecule has 0 saturated heterocycles. The summed E-state index contributed by atoms with van der Waals surface area (Å²) in [7, 11) is -8.77. The fourth-order valence-corrected chi connectivity index (χ4v) is 5.29. The van der Waals surface area contributed by atoms with Crippen LogP contribution in [0.3, 0.4) is 0 Å². The van der Waals surface area contributed by atoms with Crippen molar-refractivity contribution in [1.82, 2.24) is 0 Å². The molecule has 1 atom stereocenters. The average Bonchev–Trinajstić information content (AvgIpc) is 2.39. The summed E-state index contributed by atoms with van der Waals surface area (Å²) in [6.07, 6.45) is 0.